The van der Waals surface area contributed by atoms with E-state index in [1.54, 1.807) is 18.1 Å². The number of fused-ring (bicyclic) bond motifs is 1. The molecule has 2 amide bonds. The summed E-state index contributed by atoms with van der Waals surface area (Å²) in [7, 11) is 1.93. The number of anilines is 2. The maximum Gasteiger partial charge on any atom is 0.326 e. The van der Waals surface area contributed by atoms with Gasteiger partial charge in [0.15, 0.2) is 5.16 Å². The summed E-state index contributed by atoms with van der Waals surface area (Å²) in [5.41, 5.74) is 4.17. The molecule has 1 N–H and O–H groups in total. The molecule has 0 saturated heterocycles. The van der Waals surface area contributed by atoms with Crippen molar-refractivity contribution in [3.05, 3.63) is 66.0 Å². The Labute approximate surface area is 169 Å². The highest BCUT2D eigenvalue weighted by Crippen LogP contribution is 2.34. The molecule has 4 rings (SSSR count). The Kier molecular flexibility index (Phi) is 5.34. The van der Waals surface area contributed by atoms with Gasteiger partial charge in [0.2, 0.25) is 0 Å². The minimum atomic E-state index is -0.0853. The molecule has 0 bridgehead atoms. The quantitative estimate of drug-likeness (QED) is 0.655. The van der Waals surface area contributed by atoms with Crippen molar-refractivity contribution >= 4 is 29.2 Å². The van der Waals surface area contributed by atoms with E-state index in [0.717, 1.165) is 41.5 Å². The van der Waals surface area contributed by atoms with Gasteiger partial charge in [-0.1, -0.05) is 42.1 Å². The zero-order valence-electron chi connectivity index (χ0n) is 16.0. The van der Waals surface area contributed by atoms with E-state index in [4.69, 9.17) is 0 Å². The van der Waals surface area contributed by atoms with E-state index in [1.807, 2.05) is 52.9 Å². The maximum atomic E-state index is 12.9. The molecule has 6 nitrogen and oxygen atoms in total. The lowest BCUT2D eigenvalue weighted by Gasteiger charge is -2.29. The number of aromatic nitrogens is 3. The first-order valence-corrected chi connectivity index (χ1v) is 10.3. The number of hydrogen-bond acceptors (Lipinski definition) is 4. The Morgan fingerprint density at radius 2 is 2.07 bits per heavy atom. The molecule has 0 aliphatic carbocycles. The molecule has 0 spiro atoms. The van der Waals surface area contributed by atoms with Crippen LogP contribution >= 0.6 is 11.8 Å². The van der Waals surface area contributed by atoms with E-state index in [-0.39, 0.29) is 11.3 Å². The third-order valence-electron chi connectivity index (χ3n) is 4.91. The monoisotopic (exact) mass is 393 g/mol. The van der Waals surface area contributed by atoms with Gasteiger partial charge in [-0.3, -0.25) is 4.90 Å². The normalized spacial score (nSPS) is 14.4. The predicted molar refractivity (Wildman–Crippen MR) is 113 cm³/mol. The van der Waals surface area contributed by atoms with E-state index < -0.39 is 0 Å². The van der Waals surface area contributed by atoms with Gasteiger partial charge in [0.1, 0.15) is 6.33 Å². The molecule has 0 fully saturated rings. The second kappa shape index (κ2) is 8.06. The van der Waals surface area contributed by atoms with Gasteiger partial charge >= 0.3 is 6.03 Å². The molecular weight excluding hydrogens is 370 g/mol. The average molecular weight is 394 g/mol. The van der Waals surface area contributed by atoms with Gasteiger partial charge in [-0.05, 0) is 49.1 Å². The number of rotatable bonds is 4. The summed E-state index contributed by atoms with van der Waals surface area (Å²) in [6, 6.07) is 16.0. The van der Waals surface area contributed by atoms with Crippen LogP contribution in [-0.4, -0.2) is 27.3 Å². The number of aryl methyl sites for hydroxylation is 2. The van der Waals surface area contributed by atoms with Crippen molar-refractivity contribution in [1.82, 2.24) is 14.8 Å². The van der Waals surface area contributed by atoms with Crippen LogP contribution in [0.25, 0.3) is 0 Å². The van der Waals surface area contributed by atoms with Gasteiger partial charge in [-0.15, -0.1) is 10.2 Å². The first-order chi connectivity index (χ1) is 13.6. The van der Waals surface area contributed by atoms with Crippen LogP contribution in [0.15, 0.2) is 60.0 Å². The van der Waals surface area contributed by atoms with Crippen LogP contribution in [0, 0.1) is 0 Å². The number of nitrogens with zero attached hydrogens (tertiary/aromatic N) is 4. The zero-order valence-corrected chi connectivity index (χ0v) is 16.8. The summed E-state index contributed by atoms with van der Waals surface area (Å²) in [5.74, 6) is 0. The molecule has 7 heteroatoms. The van der Waals surface area contributed by atoms with Crippen molar-refractivity contribution < 1.29 is 4.79 Å². The lowest BCUT2D eigenvalue weighted by molar-refractivity contribution is 0.256. The molecule has 1 aromatic heterocycles. The fourth-order valence-corrected chi connectivity index (χ4v) is 4.32. The smallest absolute Gasteiger partial charge is 0.312 e. The SMILES string of the molecule is CC(Sc1nncn1C)c1cccc(NC(=O)N2CCCc3ccccc32)c1. The second-order valence-electron chi connectivity index (χ2n) is 6.92. The fourth-order valence-electron chi connectivity index (χ4n) is 3.41. The molecule has 144 valence electrons. The maximum absolute atomic E-state index is 12.9. The Bertz CT molecular complexity index is 986. The highest BCUT2D eigenvalue weighted by molar-refractivity contribution is 7.99. The number of para-hydroxylation sites is 1. The number of nitrogens with one attached hydrogen (secondary N) is 1. The number of hydrogen-bond donors (Lipinski definition) is 1. The van der Waals surface area contributed by atoms with E-state index in [0.29, 0.717) is 0 Å². The summed E-state index contributed by atoms with van der Waals surface area (Å²) >= 11 is 1.64. The summed E-state index contributed by atoms with van der Waals surface area (Å²) in [6.45, 7) is 2.86. The molecule has 2 heterocycles. The van der Waals surface area contributed by atoms with Crippen molar-refractivity contribution in [1.29, 1.82) is 0 Å². The van der Waals surface area contributed by atoms with E-state index >= 15 is 0 Å². The molecule has 2 aromatic carbocycles. The molecule has 1 unspecified atom stereocenters. The summed E-state index contributed by atoms with van der Waals surface area (Å²) in [5, 5.41) is 12.2. The summed E-state index contributed by atoms with van der Waals surface area (Å²) < 4.78 is 1.90. The van der Waals surface area contributed by atoms with Crippen LogP contribution in [0.2, 0.25) is 0 Å². The molecule has 1 aliphatic rings. The zero-order chi connectivity index (χ0) is 19.5. The third kappa shape index (κ3) is 3.89. The number of carbonyl (C=O) groups is 1. The van der Waals surface area contributed by atoms with Crippen LogP contribution in [0.5, 0.6) is 0 Å². The Hall–Kier alpha value is -2.80. The second-order valence-corrected chi connectivity index (χ2v) is 8.23. The molecule has 0 saturated carbocycles. The molecule has 1 aliphatic heterocycles. The molecule has 0 radical (unpaired) electrons. The lowest BCUT2D eigenvalue weighted by atomic mass is 10.0. The van der Waals surface area contributed by atoms with Gasteiger partial charge in [0.25, 0.3) is 0 Å². The van der Waals surface area contributed by atoms with Crippen molar-refractivity contribution in [3.63, 3.8) is 0 Å². The molecule has 1 atom stereocenters. The molecular formula is C21H23N5OS. The first-order valence-electron chi connectivity index (χ1n) is 9.39. The van der Waals surface area contributed by atoms with E-state index in [1.165, 1.54) is 5.56 Å². The average Bonchev–Trinajstić information content (AvgIpc) is 3.12. The van der Waals surface area contributed by atoms with Crippen LogP contribution in [0.1, 0.15) is 29.7 Å². The number of urea groups is 1. The Morgan fingerprint density at radius 1 is 1.21 bits per heavy atom. The van der Waals surface area contributed by atoms with Crippen LogP contribution < -0.4 is 10.2 Å². The van der Waals surface area contributed by atoms with Crippen LogP contribution in [0.3, 0.4) is 0 Å². The van der Waals surface area contributed by atoms with Crippen molar-refractivity contribution in [3.8, 4) is 0 Å². The van der Waals surface area contributed by atoms with Gasteiger partial charge in [0, 0.05) is 30.2 Å². The minimum absolute atomic E-state index is 0.0853. The third-order valence-corrected chi connectivity index (χ3v) is 6.12. The lowest BCUT2D eigenvalue weighted by Crippen LogP contribution is -2.38. The van der Waals surface area contributed by atoms with Crippen molar-refractivity contribution in [2.75, 3.05) is 16.8 Å². The number of thioether (sulfide) groups is 1. The van der Waals surface area contributed by atoms with E-state index in [9.17, 15) is 4.79 Å². The largest absolute Gasteiger partial charge is 0.326 e. The first kappa shape index (κ1) is 18.6. The minimum Gasteiger partial charge on any atom is -0.312 e. The van der Waals surface area contributed by atoms with E-state index in [2.05, 4.69) is 34.6 Å². The van der Waals surface area contributed by atoms with Gasteiger partial charge < -0.3 is 9.88 Å². The van der Waals surface area contributed by atoms with Gasteiger partial charge in [-0.25, -0.2) is 4.79 Å². The molecule has 28 heavy (non-hydrogen) atoms. The predicted octanol–water partition coefficient (Wildman–Crippen LogP) is 4.65. The Balaban J connectivity index is 1.48. The number of carbonyl (C=O) groups excluding carboxylic acids is 1. The van der Waals surface area contributed by atoms with Crippen LogP contribution in [-0.2, 0) is 13.5 Å². The van der Waals surface area contributed by atoms with Crippen molar-refractivity contribution in [2.45, 2.75) is 30.2 Å². The summed E-state index contributed by atoms with van der Waals surface area (Å²) in [4.78, 5) is 14.7. The topological polar surface area (TPSA) is 63.1 Å². The highest BCUT2D eigenvalue weighted by Gasteiger charge is 2.22. The van der Waals surface area contributed by atoms with Crippen LogP contribution in [0.4, 0.5) is 16.2 Å². The fraction of sp³-hybridized carbons (Fsp3) is 0.286. The molecule has 3 aromatic rings. The highest BCUT2D eigenvalue weighted by atomic mass is 32.2. The van der Waals surface area contributed by atoms with Crippen molar-refractivity contribution in [2.24, 2.45) is 7.05 Å². The van der Waals surface area contributed by atoms with Gasteiger partial charge in [-0.2, -0.15) is 0 Å². The van der Waals surface area contributed by atoms with Gasteiger partial charge in [0.05, 0.1) is 0 Å². The Morgan fingerprint density at radius 3 is 2.89 bits per heavy atom. The summed E-state index contributed by atoms with van der Waals surface area (Å²) in [6.07, 6.45) is 3.70. The number of benzene rings is 2. The standard InChI is InChI=1S/C21H23N5OS/c1-15(28-21-24-22-14-25(21)2)17-8-5-10-18(13-17)23-20(27)26-12-6-9-16-7-3-4-11-19(16)26/h3-5,7-8,10-11,13-15H,6,9,12H2,1-2H3,(H,23,27). The number of amides is 2.